The van der Waals surface area contributed by atoms with Crippen molar-refractivity contribution in [3.63, 3.8) is 0 Å². The molecule has 0 bridgehead atoms. The van der Waals surface area contributed by atoms with Gasteiger partial charge in [0.1, 0.15) is 5.82 Å². The average molecular weight is 427 g/mol. The fourth-order valence-electron chi connectivity index (χ4n) is 1.93. The summed E-state index contributed by atoms with van der Waals surface area (Å²) in [4.78, 5) is 7.54. The molecule has 1 aromatic rings. The van der Waals surface area contributed by atoms with Gasteiger partial charge in [-0.3, -0.25) is 0 Å². The van der Waals surface area contributed by atoms with Crippen LogP contribution in [0.1, 0.15) is 5.56 Å². The van der Waals surface area contributed by atoms with E-state index in [0.29, 0.717) is 12.5 Å². The highest BCUT2D eigenvalue weighted by Gasteiger charge is 2.12. The first kappa shape index (κ1) is 17.9. The Morgan fingerprint density at radius 1 is 1.45 bits per heavy atom. The van der Waals surface area contributed by atoms with Gasteiger partial charge in [-0.2, -0.15) is 11.8 Å². The van der Waals surface area contributed by atoms with Crippen molar-refractivity contribution in [2.24, 2.45) is 10.7 Å². The van der Waals surface area contributed by atoms with E-state index in [4.69, 9.17) is 5.73 Å². The smallest absolute Gasteiger partial charge is 0.191 e. The number of nitrogens with zero attached hydrogens (tertiary/aromatic N) is 2. The predicted molar refractivity (Wildman–Crippen MR) is 97.8 cm³/mol. The molecule has 0 spiro atoms. The van der Waals surface area contributed by atoms with E-state index >= 15 is 0 Å². The van der Waals surface area contributed by atoms with Crippen molar-refractivity contribution >= 4 is 53.5 Å². The molecule has 1 fully saturated rings. The van der Waals surface area contributed by atoms with E-state index in [1.165, 1.54) is 12.1 Å². The number of hydrogen-bond donors (Lipinski definition) is 1. The van der Waals surface area contributed by atoms with Crippen LogP contribution in [0.25, 0.3) is 0 Å². The second-order valence-corrected chi connectivity index (χ2v) is 6.30. The maximum absolute atomic E-state index is 13.3. The highest BCUT2D eigenvalue weighted by Crippen LogP contribution is 2.22. The number of rotatable bonds is 3. The molecule has 2 N–H and O–H groups in total. The Labute approximate surface area is 145 Å². The number of thioether (sulfide) groups is 2. The maximum Gasteiger partial charge on any atom is 0.191 e. The van der Waals surface area contributed by atoms with Crippen LogP contribution < -0.4 is 5.73 Å². The lowest BCUT2D eigenvalue weighted by atomic mass is 10.2. The molecule has 0 atom stereocenters. The largest absolute Gasteiger partial charge is 0.370 e. The number of nitrogens with two attached hydrogens (primary N) is 1. The van der Waals surface area contributed by atoms with E-state index in [1.807, 2.05) is 18.0 Å². The van der Waals surface area contributed by atoms with Crippen LogP contribution in [0.3, 0.4) is 0 Å². The minimum atomic E-state index is -0.226. The summed E-state index contributed by atoms with van der Waals surface area (Å²) in [7, 11) is 0. The van der Waals surface area contributed by atoms with E-state index in [9.17, 15) is 4.39 Å². The molecule has 0 unspecified atom stereocenters. The average Bonchev–Trinajstić information content (AvgIpc) is 2.46. The molecule has 0 aliphatic carbocycles. The molecular formula is C13H19FIN3S2. The van der Waals surface area contributed by atoms with Gasteiger partial charge in [0, 0.05) is 29.5 Å². The summed E-state index contributed by atoms with van der Waals surface area (Å²) in [5.41, 5.74) is 6.88. The third kappa shape index (κ3) is 5.00. The van der Waals surface area contributed by atoms with E-state index in [0.717, 1.165) is 35.1 Å². The molecule has 0 saturated carbocycles. The number of hydrogen-bond acceptors (Lipinski definition) is 3. The highest BCUT2D eigenvalue weighted by atomic mass is 127. The maximum atomic E-state index is 13.3. The standard InChI is InChI=1S/C13H18FN3S2.HI/c1-18-12-3-2-11(14)8-10(12)9-16-13(15)17-4-6-19-7-5-17;/h2-3,8H,4-7,9H2,1H3,(H2,15,16);1H. The van der Waals surface area contributed by atoms with Crippen LogP contribution in [-0.2, 0) is 6.54 Å². The van der Waals surface area contributed by atoms with Crippen molar-refractivity contribution in [2.45, 2.75) is 11.4 Å². The molecule has 1 heterocycles. The van der Waals surface area contributed by atoms with Crippen molar-refractivity contribution in [3.8, 4) is 0 Å². The van der Waals surface area contributed by atoms with Crippen LogP contribution in [0.15, 0.2) is 28.1 Å². The summed E-state index contributed by atoms with van der Waals surface area (Å²) >= 11 is 3.53. The zero-order valence-corrected chi connectivity index (χ0v) is 15.3. The molecule has 3 nitrogen and oxygen atoms in total. The third-order valence-corrected chi connectivity index (χ3v) is 4.77. The van der Waals surface area contributed by atoms with Crippen molar-refractivity contribution in [3.05, 3.63) is 29.6 Å². The molecular weight excluding hydrogens is 408 g/mol. The Morgan fingerprint density at radius 3 is 2.80 bits per heavy atom. The van der Waals surface area contributed by atoms with Crippen molar-refractivity contribution in [1.82, 2.24) is 4.90 Å². The summed E-state index contributed by atoms with van der Waals surface area (Å²) < 4.78 is 13.3. The van der Waals surface area contributed by atoms with Gasteiger partial charge in [-0.15, -0.1) is 35.7 Å². The third-order valence-electron chi connectivity index (χ3n) is 2.99. The number of guanidine groups is 1. The second-order valence-electron chi connectivity index (χ2n) is 4.23. The molecule has 1 aromatic carbocycles. The van der Waals surface area contributed by atoms with Crippen LogP contribution >= 0.6 is 47.5 Å². The van der Waals surface area contributed by atoms with Crippen molar-refractivity contribution in [2.75, 3.05) is 30.9 Å². The summed E-state index contributed by atoms with van der Waals surface area (Å²) in [5, 5.41) is 0. The normalized spacial score (nSPS) is 15.9. The molecule has 112 valence electrons. The number of aliphatic imine (C=N–C) groups is 1. The van der Waals surface area contributed by atoms with E-state index in [-0.39, 0.29) is 29.8 Å². The van der Waals surface area contributed by atoms with Crippen LogP contribution in [-0.4, -0.2) is 41.7 Å². The fraction of sp³-hybridized carbons (Fsp3) is 0.462. The van der Waals surface area contributed by atoms with Crippen LogP contribution in [0.5, 0.6) is 0 Å². The summed E-state index contributed by atoms with van der Waals surface area (Å²) in [6.07, 6.45) is 1.98. The zero-order valence-electron chi connectivity index (χ0n) is 11.3. The number of halogens is 2. The molecule has 1 aliphatic heterocycles. The van der Waals surface area contributed by atoms with E-state index in [2.05, 4.69) is 9.89 Å². The van der Waals surface area contributed by atoms with Crippen molar-refractivity contribution in [1.29, 1.82) is 0 Å². The lowest BCUT2D eigenvalue weighted by Crippen LogP contribution is -2.42. The Bertz CT molecular complexity index is 465. The molecule has 2 rings (SSSR count). The van der Waals surface area contributed by atoms with Crippen LogP contribution in [0, 0.1) is 5.82 Å². The van der Waals surface area contributed by atoms with Gasteiger partial charge >= 0.3 is 0 Å². The Balaban J connectivity index is 0.00000200. The minimum absolute atomic E-state index is 0. The predicted octanol–water partition coefficient (Wildman–Crippen LogP) is 3.03. The quantitative estimate of drug-likeness (QED) is 0.349. The van der Waals surface area contributed by atoms with Gasteiger partial charge in [0.15, 0.2) is 5.96 Å². The van der Waals surface area contributed by atoms with Gasteiger partial charge in [0.2, 0.25) is 0 Å². The van der Waals surface area contributed by atoms with Gasteiger partial charge in [-0.1, -0.05) is 0 Å². The molecule has 20 heavy (non-hydrogen) atoms. The lowest BCUT2D eigenvalue weighted by Gasteiger charge is -2.27. The molecule has 0 radical (unpaired) electrons. The first-order valence-electron chi connectivity index (χ1n) is 6.15. The molecule has 0 amide bonds. The summed E-state index contributed by atoms with van der Waals surface area (Å²) in [5.74, 6) is 2.52. The lowest BCUT2D eigenvalue weighted by molar-refractivity contribution is 0.455. The van der Waals surface area contributed by atoms with E-state index < -0.39 is 0 Å². The monoisotopic (exact) mass is 427 g/mol. The molecule has 1 saturated heterocycles. The highest BCUT2D eigenvalue weighted by molar-refractivity contribution is 14.0. The Morgan fingerprint density at radius 2 is 2.15 bits per heavy atom. The first-order chi connectivity index (χ1) is 9.20. The molecule has 0 aromatic heterocycles. The van der Waals surface area contributed by atoms with Gasteiger partial charge in [0.05, 0.1) is 6.54 Å². The van der Waals surface area contributed by atoms with Gasteiger partial charge in [-0.05, 0) is 30.0 Å². The number of benzene rings is 1. The fourth-order valence-corrected chi connectivity index (χ4v) is 3.42. The van der Waals surface area contributed by atoms with Crippen LogP contribution in [0.4, 0.5) is 4.39 Å². The second kappa shape index (κ2) is 8.99. The summed E-state index contributed by atoms with van der Waals surface area (Å²) in [6, 6.07) is 4.80. The van der Waals surface area contributed by atoms with Crippen LogP contribution in [0.2, 0.25) is 0 Å². The van der Waals surface area contributed by atoms with Gasteiger partial charge < -0.3 is 10.6 Å². The van der Waals surface area contributed by atoms with E-state index in [1.54, 1.807) is 17.8 Å². The Hall–Kier alpha value is -0.150. The van der Waals surface area contributed by atoms with Crippen molar-refractivity contribution < 1.29 is 4.39 Å². The summed E-state index contributed by atoms with van der Waals surface area (Å²) in [6.45, 7) is 2.32. The topological polar surface area (TPSA) is 41.6 Å². The SMILES string of the molecule is CSc1ccc(F)cc1CN=C(N)N1CCSCC1.I. The molecule has 1 aliphatic rings. The van der Waals surface area contributed by atoms with Gasteiger partial charge in [-0.25, -0.2) is 9.38 Å². The first-order valence-corrected chi connectivity index (χ1v) is 8.53. The zero-order chi connectivity index (χ0) is 13.7. The minimum Gasteiger partial charge on any atom is -0.370 e. The van der Waals surface area contributed by atoms with Gasteiger partial charge in [0.25, 0.3) is 0 Å². The molecule has 7 heteroatoms. The Kier molecular flexibility index (Phi) is 8.04.